The second-order valence-electron chi connectivity index (χ2n) is 2.27. The molecule has 4 nitrogen and oxygen atoms in total. The van der Waals surface area contributed by atoms with Gasteiger partial charge in [-0.3, -0.25) is 9.59 Å². The number of hydrogen-bond acceptors (Lipinski definition) is 3. The fourth-order valence-electron chi connectivity index (χ4n) is 0.718. The van der Waals surface area contributed by atoms with Gasteiger partial charge in [-0.05, 0) is 13.8 Å². The summed E-state index contributed by atoms with van der Waals surface area (Å²) in [5.74, 6) is 1.99. The summed E-state index contributed by atoms with van der Waals surface area (Å²) in [5.41, 5.74) is 0. The first kappa shape index (κ1) is 11.5. The lowest BCUT2D eigenvalue weighted by atomic mass is 10.1. The first-order chi connectivity index (χ1) is 6.13. The first-order valence-electron chi connectivity index (χ1n) is 3.92. The lowest BCUT2D eigenvalue weighted by molar-refractivity contribution is -0.158. The highest BCUT2D eigenvalue weighted by atomic mass is 16.5. The lowest BCUT2D eigenvalue weighted by Gasteiger charge is -2.07. The van der Waals surface area contributed by atoms with Crippen LogP contribution in [0.5, 0.6) is 0 Å². The molecule has 72 valence electrons. The van der Waals surface area contributed by atoms with Gasteiger partial charge in [0, 0.05) is 6.42 Å². The van der Waals surface area contributed by atoms with Gasteiger partial charge in [-0.25, -0.2) is 0 Å². The van der Waals surface area contributed by atoms with Crippen molar-refractivity contribution in [2.45, 2.75) is 20.3 Å². The molecular formula is C9H12O4. The van der Waals surface area contributed by atoms with E-state index in [2.05, 4.69) is 16.6 Å². The molecule has 1 unspecified atom stereocenters. The van der Waals surface area contributed by atoms with Crippen LogP contribution in [-0.4, -0.2) is 23.7 Å². The van der Waals surface area contributed by atoms with E-state index in [4.69, 9.17) is 5.11 Å². The highest BCUT2D eigenvalue weighted by Gasteiger charge is 2.26. The molecule has 0 rings (SSSR count). The summed E-state index contributed by atoms with van der Waals surface area (Å²) >= 11 is 0. The fourth-order valence-corrected chi connectivity index (χ4v) is 0.718. The zero-order chi connectivity index (χ0) is 10.3. The molecule has 0 fully saturated rings. The van der Waals surface area contributed by atoms with Crippen LogP contribution in [0.1, 0.15) is 20.3 Å². The third-order valence-corrected chi connectivity index (χ3v) is 1.35. The van der Waals surface area contributed by atoms with Gasteiger partial charge in [-0.15, -0.1) is 11.8 Å². The van der Waals surface area contributed by atoms with Crippen LogP contribution in [0.25, 0.3) is 0 Å². The zero-order valence-electron chi connectivity index (χ0n) is 7.66. The number of ether oxygens (including phenoxy) is 1. The zero-order valence-corrected chi connectivity index (χ0v) is 7.66. The van der Waals surface area contributed by atoms with Crippen LogP contribution in [0.4, 0.5) is 0 Å². The fraction of sp³-hybridized carbons (Fsp3) is 0.556. The Hall–Kier alpha value is -1.50. The maximum Gasteiger partial charge on any atom is 0.321 e. The Balaban J connectivity index is 4.29. The van der Waals surface area contributed by atoms with E-state index in [1.54, 1.807) is 13.8 Å². The molecule has 0 spiro atoms. The number of carboxylic acids is 1. The van der Waals surface area contributed by atoms with E-state index < -0.39 is 17.9 Å². The highest BCUT2D eigenvalue weighted by Crippen LogP contribution is 2.05. The molecule has 4 heteroatoms. The molecule has 1 N–H and O–H groups in total. The predicted octanol–water partition coefficient (Wildman–Crippen LogP) is 0.664. The van der Waals surface area contributed by atoms with Gasteiger partial charge in [0.25, 0.3) is 0 Å². The molecule has 0 radical (unpaired) electrons. The summed E-state index contributed by atoms with van der Waals surface area (Å²) < 4.78 is 4.57. The molecule has 0 aliphatic heterocycles. The van der Waals surface area contributed by atoms with Crippen LogP contribution in [0, 0.1) is 17.8 Å². The van der Waals surface area contributed by atoms with Crippen molar-refractivity contribution in [2.75, 3.05) is 6.61 Å². The van der Waals surface area contributed by atoms with Crippen LogP contribution < -0.4 is 0 Å². The summed E-state index contributed by atoms with van der Waals surface area (Å²) in [7, 11) is 0. The molecular weight excluding hydrogens is 172 g/mol. The normalized spacial score (nSPS) is 10.9. The molecule has 1 atom stereocenters. The standard InChI is InChI=1S/C9H12O4/c1-3-5-6-7(8(10)11)9(12)13-4-2/h7H,4,6H2,1-2H3,(H,10,11). The van der Waals surface area contributed by atoms with Gasteiger partial charge in [0.2, 0.25) is 0 Å². The van der Waals surface area contributed by atoms with Crippen molar-refractivity contribution >= 4 is 11.9 Å². The molecule has 0 amide bonds. The minimum Gasteiger partial charge on any atom is -0.481 e. The van der Waals surface area contributed by atoms with E-state index in [9.17, 15) is 9.59 Å². The van der Waals surface area contributed by atoms with E-state index in [1.165, 1.54) is 0 Å². The Morgan fingerprint density at radius 3 is 2.54 bits per heavy atom. The van der Waals surface area contributed by atoms with E-state index in [-0.39, 0.29) is 13.0 Å². The van der Waals surface area contributed by atoms with Crippen molar-refractivity contribution in [3.63, 3.8) is 0 Å². The molecule has 0 aromatic heterocycles. The van der Waals surface area contributed by atoms with E-state index >= 15 is 0 Å². The largest absolute Gasteiger partial charge is 0.481 e. The number of rotatable bonds is 4. The number of aliphatic carboxylic acids is 1. The first-order valence-corrected chi connectivity index (χ1v) is 3.92. The van der Waals surface area contributed by atoms with Gasteiger partial charge in [-0.1, -0.05) is 0 Å². The molecule has 0 aliphatic carbocycles. The smallest absolute Gasteiger partial charge is 0.321 e. The summed E-state index contributed by atoms with van der Waals surface area (Å²) in [5, 5.41) is 8.63. The summed E-state index contributed by atoms with van der Waals surface area (Å²) in [6.45, 7) is 3.40. The van der Waals surface area contributed by atoms with E-state index in [1.807, 2.05) is 0 Å². The van der Waals surface area contributed by atoms with Crippen molar-refractivity contribution in [1.82, 2.24) is 0 Å². The van der Waals surface area contributed by atoms with Gasteiger partial charge in [0.15, 0.2) is 5.92 Å². The van der Waals surface area contributed by atoms with Gasteiger partial charge in [0.05, 0.1) is 6.61 Å². The lowest BCUT2D eigenvalue weighted by Crippen LogP contribution is -2.25. The van der Waals surface area contributed by atoms with Gasteiger partial charge in [-0.2, -0.15) is 0 Å². The SMILES string of the molecule is CC#CCC(C(=O)O)C(=O)OCC. The van der Waals surface area contributed by atoms with Crippen molar-refractivity contribution in [3.05, 3.63) is 0 Å². The molecule has 0 aromatic rings. The van der Waals surface area contributed by atoms with Crippen LogP contribution in [-0.2, 0) is 14.3 Å². The molecule has 0 aromatic carbocycles. The third kappa shape index (κ3) is 4.16. The van der Waals surface area contributed by atoms with Gasteiger partial charge >= 0.3 is 11.9 Å². The molecule has 0 aliphatic rings. The highest BCUT2D eigenvalue weighted by molar-refractivity contribution is 5.94. The molecule has 0 bridgehead atoms. The summed E-state index contributed by atoms with van der Waals surface area (Å²) in [6, 6.07) is 0. The topological polar surface area (TPSA) is 63.6 Å². The Bertz CT molecular complexity index is 246. The average Bonchev–Trinajstić information content (AvgIpc) is 2.05. The predicted molar refractivity (Wildman–Crippen MR) is 45.8 cm³/mol. The second-order valence-corrected chi connectivity index (χ2v) is 2.27. The van der Waals surface area contributed by atoms with Crippen molar-refractivity contribution < 1.29 is 19.4 Å². The van der Waals surface area contributed by atoms with E-state index in [0.717, 1.165) is 0 Å². The van der Waals surface area contributed by atoms with E-state index in [0.29, 0.717) is 0 Å². The summed E-state index contributed by atoms with van der Waals surface area (Å²) in [4.78, 5) is 21.6. The quantitative estimate of drug-likeness (QED) is 0.396. The molecule has 13 heavy (non-hydrogen) atoms. The monoisotopic (exact) mass is 184 g/mol. The number of carbonyl (C=O) groups is 2. The van der Waals surface area contributed by atoms with Gasteiger partial charge < -0.3 is 9.84 Å². The van der Waals surface area contributed by atoms with Crippen LogP contribution in [0.15, 0.2) is 0 Å². The van der Waals surface area contributed by atoms with Gasteiger partial charge in [0.1, 0.15) is 0 Å². The minimum atomic E-state index is -1.19. The average molecular weight is 184 g/mol. The molecule has 0 heterocycles. The summed E-state index contributed by atoms with van der Waals surface area (Å²) in [6.07, 6.45) is 0.00463. The minimum absolute atomic E-state index is 0.00463. The maximum atomic E-state index is 11.0. The third-order valence-electron chi connectivity index (χ3n) is 1.35. The number of esters is 1. The Morgan fingerprint density at radius 2 is 2.15 bits per heavy atom. The molecule has 0 saturated heterocycles. The van der Waals surface area contributed by atoms with Crippen LogP contribution in [0.2, 0.25) is 0 Å². The van der Waals surface area contributed by atoms with Crippen LogP contribution in [0.3, 0.4) is 0 Å². The van der Waals surface area contributed by atoms with Crippen molar-refractivity contribution in [1.29, 1.82) is 0 Å². The Labute approximate surface area is 76.9 Å². The number of carbonyl (C=O) groups excluding carboxylic acids is 1. The maximum absolute atomic E-state index is 11.0. The number of carboxylic acid groups (broad SMARTS) is 1. The second kappa shape index (κ2) is 6.06. The van der Waals surface area contributed by atoms with Crippen LogP contribution >= 0.6 is 0 Å². The van der Waals surface area contributed by atoms with Crippen molar-refractivity contribution in [3.8, 4) is 11.8 Å². The molecule has 0 saturated carbocycles. The Morgan fingerprint density at radius 1 is 1.54 bits per heavy atom. The Kier molecular flexibility index (Phi) is 5.37. The van der Waals surface area contributed by atoms with Crippen molar-refractivity contribution in [2.24, 2.45) is 5.92 Å². The number of hydrogen-bond donors (Lipinski definition) is 1.